The molecule has 3 heteroatoms. The van der Waals surface area contributed by atoms with E-state index in [4.69, 9.17) is 4.42 Å². The summed E-state index contributed by atoms with van der Waals surface area (Å²) >= 11 is 2.04. The van der Waals surface area contributed by atoms with Crippen molar-refractivity contribution in [1.82, 2.24) is 0 Å². The molecule has 0 bridgehead atoms. The molecule has 20 heavy (non-hydrogen) atoms. The average Bonchev–Trinajstić information content (AvgIpc) is 2.51. The van der Waals surface area contributed by atoms with E-state index in [1.54, 1.807) is 6.07 Å². The zero-order valence-corrected chi connectivity index (χ0v) is 12.7. The number of rotatable bonds is 2. The van der Waals surface area contributed by atoms with Crippen LogP contribution in [0.3, 0.4) is 0 Å². The third-order valence-corrected chi connectivity index (χ3v) is 4.01. The van der Waals surface area contributed by atoms with Crippen molar-refractivity contribution in [2.45, 2.75) is 0 Å². The quantitative estimate of drug-likeness (QED) is 0.615. The Bertz CT molecular complexity index is 777. The van der Waals surface area contributed by atoms with E-state index in [0.29, 0.717) is 15.1 Å². The SMILES string of the molecule is O=c1cc(-c2ccccc2)oc(-c2ccccc2)c1I. The molecule has 0 saturated heterocycles. The van der Waals surface area contributed by atoms with E-state index in [1.807, 2.05) is 83.3 Å². The number of hydrogen-bond acceptors (Lipinski definition) is 2. The van der Waals surface area contributed by atoms with Gasteiger partial charge in [0.05, 0.1) is 0 Å². The molecule has 3 aromatic rings. The Morgan fingerprint density at radius 1 is 0.800 bits per heavy atom. The summed E-state index contributed by atoms with van der Waals surface area (Å²) in [6, 6.07) is 20.9. The summed E-state index contributed by atoms with van der Waals surface area (Å²) in [6.45, 7) is 0. The van der Waals surface area contributed by atoms with Crippen LogP contribution in [0, 0.1) is 3.57 Å². The van der Waals surface area contributed by atoms with Gasteiger partial charge >= 0.3 is 0 Å². The molecule has 0 atom stereocenters. The van der Waals surface area contributed by atoms with Gasteiger partial charge in [-0.25, -0.2) is 0 Å². The fourth-order valence-electron chi connectivity index (χ4n) is 2.00. The molecule has 2 nitrogen and oxygen atoms in total. The standard InChI is InChI=1S/C17H11IO2/c18-16-14(19)11-15(12-7-3-1-4-8-12)20-17(16)13-9-5-2-6-10-13/h1-11H. The molecule has 98 valence electrons. The minimum atomic E-state index is -0.0189. The summed E-state index contributed by atoms with van der Waals surface area (Å²) in [5.41, 5.74) is 1.79. The zero-order valence-electron chi connectivity index (χ0n) is 10.5. The number of halogens is 1. The van der Waals surface area contributed by atoms with Crippen molar-refractivity contribution in [1.29, 1.82) is 0 Å². The summed E-state index contributed by atoms with van der Waals surface area (Å²) in [6.07, 6.45) is 0. The van der Waals surface area contributed by atoms with Gasteiger partial charge in [0.15, 0.2) is 11.2 Å². The van der Waals surface area contributed by atoms with Crippen LogP contribution in [-0.2, 0) is 0 Å². The second-order valence-electron chi connectivity index (χ2n) is 4.35. The molecule has 1 heterocycles. The highest BCUT2D eigenvalue weighted by molar-refractivity contribution is 14.1. The second kappa shape index (κ2) is 5.63. The summed E-state index contributed by atoms with van der Waals surface area (Å²) < 4.78 is 6.56. The zero-order chi connectivity index (χ0) is 13.9. The van der Waals surface area contributed by atoms with Gasteiger partial charge in [0.2, 0.25) is 0 Å². The largest absolute Gasteiger partial charge is 0.455 e. The maximum atomic E-state index is 12.1. The highest BCUT2D eigenvalue weighted by Crippen LogP contribution is 2.28. The topological polar surface area (TPSA) is 30.2 Å². The van der Waals surface area contributed by atoms with E-state index >= 15 is 0 Å². The highest BCUT2D eigenvalue weighted by Gasteiger charge is 2.12. The third-order valence-electron chi connectivity index (χ3n) is 2.98. The Balaban J connectivity index is 2.22. The van der Waals surface area contributed by atoms with E-state index in [9.17, 15) is 4.79 Å². The molecule has 0 spiro atoms. The smallest absolute Gasteiger partial charge is 0.199 e. The van der Waals surface area contributed by atoms with Crippen LogP contribution >= 0.6 is 22.6 Å². The normalized spacial score (nSPS) is 10.4. The molecule has 3 rings (SSSR count). The molecule has 0 aliphatic rings. The Morgan fingerprint density at radius 3 is 1.95 bits per heavy atom. The van der Waals surface area contributed by atoms with Crippen molar-refractivity contribution in [3.8, 4) is 22.6 Å². The first-order valence-electron chi connectivity index (χ1n) is 6.20. The van der Waals surface area contributed by atoms with Crippen LogP contribution in [-0.4, -0.2) is 0 Å². The maximum absolute atomic E-state index is 12.1. The van der Waals surface area contributed by atoms with E-state index in [2.05, 4.69) is 0 Å². The van der Waals surface area contributed by atoms with Crippen LogP contribution < -0.4 is 5.43 Å². The molecule has 0 saturated carbocycles. The summed E-state index contributed by atoms with van der Waals surface area (Å²) in [7, 11) is 0. The van der Waals surface area contributed by atoms with E-state index in [1.165, 1.54) is 0 Å². The second-order valence-corrected chi connectivity index (χ2v) is 5.43. The van der Waals surface area contributed by atoms with E-state index < -0.39 is 0 Å². The first-order chi connectivity index (χ1) is 9.75. The molecule has 1 aromatic heterocycles. The molecule has 0 aliphatic carbocycles. The molecule has 0 amide bonds. The molecule has 0 aliphatic heterocycles. The monoisotopic (exact) mass is 374 g/mol. The van der Waals surface area contributed by atoms with Gasteiger partial charge in [-0.1, -0.05) is 60.7 Å². The van der Waals surface area contributed by atoms with Crippen molar-refractivity contribution in [3.05, 3.63) is 80.5 Å². The van der Waals surface area contributed by atoms with Crippen molar-refractivity contribution in [3.63, 3.8) is 0 Å². The van der Waals surface area contributed by atoms with Gasteiger partial charge in [0, 0.05) is 17.2 Å². The summed E-state index contributed by atoms with van der Waals surface area (Å²) in [5, 5.41) is 0. The lowest BCUT2D eigenvalue weighted by atomic mass is 10.1. The molecule has 0 unspecified atom stereocenters. The van der Waals surface area contributed by atoms with E-state index in [0.717, 1.165) is 11.1 Å². The highest BCUT2D eigenvalue weighted by atomic mass is 127. The van der Waals surface area contributed by atoms with Crippen LogP contribution in [0.15, 0.2) is 75.9 Å². The van der Waals surface area contributed by atoms with Gasteiger partial charge in [0.25, 0.3) is 0 Å². The van der Waals surface area contributed by atoms with Crippen molar-refractivity contribution in [2.75, 3.05) is 0 Å². The van der Waals surface area contributed by atoms with Crippen LogP contribution in [0.1, 0.15) is 0 Å². The lowest BCUT2D eigenvalue weighted by molar-refractivity contribution is 0.576. The van der Waals surface area contributed by atoms with Crippen LogP contribution in [0.5, 0.6) is 0 Å². The lowest BCUT2D eigenvalue weighted by Gasteiger charge is -2.07. The van der Waals surface area contributed by atoms with Crippen LogP contribution in [0.4, 0.5) is 0 Å². The van der Waals surface area contributed by atoms with Gasteiger partial charge in [0.1, 0.15) is 9.33 Å². The van der Waals surface area contributed by atoms with Crippen molar-refractivity contribution in [2.24, 2.45) is 0 Å². The first kappa shape index (κ1) is 13.1. The van der Waals surface area contributed by atoms with Gasteiger partial charge in [-0.05, 0) is 22.6 Å². The number of benzene rings is 2. The third kappa shape index (κ3) is 2.54. The van der Waals surface area contributed by atoms with Gasteiger partial charge < -0.3 is 4.42 Å². The molecule has 0 N–H and O–H groups in total. The van der Waals surface area contributed by atoms with Crippen molar-refractivity contribution >= 4 is 22.6 Å². The Kier molecular flexibility index (Phi) is 3.69. The van der Waals surface area contributed by atoms with Gasteiger partial charge in [-0.2, -0.15) is 0 Å². The van der Waals surface area contributed by atoms with Crippen molar-refractivity contribution < 1.29 is 4.42 Å². The van der Waals surface area contributed by atoms with Gasteiger partial charge in [-0.15, -0.1) is 0 Å². The Labute approximate surface area is 130 Å². The van der Waals surface area contributed by atoms with E-state index in [-0.39, 0.29) is 5.43 Å². The fourth-order valence-corrected chi connectivity index (χ4v) is 2.58. The first-order valence-corrected chi connectivity index (χ1v) is 7.28. The fraction of sp³-hybridized carbons (Fsp3) is 0. The summed E-state index contributed by atoms with van der Waals surface area (Å²) in [5.74, 6) is 1.22. The predicted octanol–water partition coefficient (Wildman–Crippen LogP) is 4.58. The maximum Gasteiger partial charge on any atom is 0.199 e. The average molecular weight is 374 g/mol. The molecule has 2 aromatic carbocycles. The number of hydrogen-bond donors (Lipinski definition) is 0. The minimum Gasteiger partial charge on any atom is -0.455 e. The Morgan fingerprint density at radius 2 is 1.35 bits per heavy atom. The van der Waals surface area contributed by atoms with Crippen LogP contribution in [0.25, 0.3) is 22.6 Å². The predicted molar refractivity (Wildman–Crippen MR) is 88.6 cm³/mol. The summed E-state index contributed by atoms with van der Waals surface area (Å²) in [4.78, 5) is 12.1. The Hall–Kier alpha value is -1.88. The van der Waals surface area contributed by atoms with Gasteiger partial charge in [-0.3, -0.25) is 4.79 Å². The molecular weight excluding hydrogens is 363 g/mol. The lowest BCUT2D eigenvalue weighted by Crippen LogP contribution is -2.05. The minimum absolute atomic E-state index is 0.0189. The molecule has 0 radical (unpaired) electrons. The molecular formula is C17H11IO2. The molecule has 0 fully saturated rings. The van der Waals surface area contributed by atoms with Crippen LogP contribution in [0.2, 0.25) is 0 Å².